The summed E-state index contributed by atoms with van der Waals surface area (Å²) >= 11 is 0. The van der Waals surface area contributed by atoms with Crippen LogP contribution in [0.3, 0.4) is 0 Å². The number of benzene rings is 2. The van der Waals surface area contributed by atoms with Crippen LogP contribution in [-0.2, 0) is 0 Å². The standard InChI is InChI=1S/C20H21FN2O2.ClH/c1-25-17-5-2-15(3-6-17)16-4-7-18(19(21)12-16)20(24)23-13-14-8-10-22-11-9-14;/h2-8,12,22H,9-11,13H2,1H3,(H,23,24);1H. The van der Waals surface area contributed by atoms with Crippen LogP contribution in [0.15, 0.2) is 54.1 Å². The molecule has 1 amide bonds. The molecule has 0 bridgehead atoms. The molecule has 2 aromatic rings. The number of ether oxygens (including phenoxy) is 1. The maximum Gasteiger partial charge on any atom is 0.254 e. The third-order valence-corrected chi connectivity index (χ3v) is 4.27. The van der Waals surface area contributed by atoms with E-state index in [0.717, 1.165) is 36.4 Å². The maximum absolute atomic E-state index is 14.4. The second-order valence-electron chi connectivity index (χ2n) is 5.92. The zero-order chi connectivity index (χ0) is 17.6. The van der Waals surface area contributed by atoms with Crippen molar-refractivity contribution in [2.24, 2.45) is 0 Å². The molecular weight excluding hydrogens is 355 g/mol. The molecule has 26 heavy (non-hydrogen) atoms. The van der Waals surface area contributed by atoms with Gasteiger partial charge in [-0.15, -0.1) is 12.4 Å². The van der Waals surface area contributed by atoms with Crippen molar-refractivity contribution in [1.82, 2.24) is 10.6 Å². The molecule has 0 aliphatic carbocycles. The van der Waals surface area contributed by atoms with Crippen LogP contribution in [-0.4, -0.2) is 32.7 Å². The van der Waals surface area contributed by atoms with Crippen LogP contribution >= 0.6 is 12.4 Å². The Balaban J connectivity index is 0.00000243. The molecule has 0 spiro atoms. The van der Waals surface area contributed by atoms with Gasteiger partial charge in [0.05, 0.1) is 12.7 Å². The average molecular weight is 377 g/mol. The van der Waals surface area contributed by atoms with Crippen LogP contribution in [0.4, 0.5) is 4.39 Å². The molecule has 0 aromatic heterocycles. The van der Waals surface area contributed by atoms with E-state index in [-0.39, 0.29) is 18.0 Å². The summed E-state index contributed by atoms with van der Waals surface area (Å²) < 4.78 is 19.5. The van der Waals surface area contributed by atoms with Gasteiger partial charge in [0.15, 0.2) is 0 Å². The minimum absolute atomic E-state index is 0. The van der Waals surface area contributed by atoms with Crippen molar-refractivity contribution < 1.29 is 13.9 Å². The van der Waals surface area contributed by atoms with Crippen molar-refractivity contribution >= 4 is 18.3 Å². The SMILES string of the molecule is COc1ccc(-c2ccc(C(=O)NCC3=CCNCC3)c(F)c2)cc1.Cl. The molecule has 0 atom stereocenters. The summed E-state index contributed by atoms with van der Waals surface area (Å²) in [6, 6.07) is 12.0. The Bertz CT molecular complexity index is 791. The number of amides is 1. The van der Waals surface area contributed by atoms with Crippen LogP contribution in [0.1, 0.15) is 16.8 Å². The van der Waals surface area contributed by atoms with E-state index < -0.39 is 11.7 Å². The molecule has 6 heteroatoms. The molecular formula is C20H22ClFN2O2. The first-order chi connectivity index (χ1) is 12.2. The minimum Gasteiger partial charge on any atom is -0.497 e. The molecule has 1 aliphatic heterocycles. The first-order valence-corrected chi connectivity index (χ1v) is 8.28. The fourth-order valence-corrected chi connectivity index (χ4v) is 2.78. The van der Waals surface area contributed by atoms with E-state index in [1.807, 2.05) is 24.3 Å². The number of rotatable bonds is 5. The third-order valence-electron chi connectivity index (χ3n) is 4.27. The predicted molar refractivity (Wildman–Crippen MR) is 104 cm³/mol. The van der Waals surface area contributed by atoms with E-state index in [4.69, 9.17) is 4.74 Å². The zero-order valence-electron chi connectivity index (χ0n) is 14.5. The lowest BCUT2D eigenvalue weighted by Crippen LogP contribution is -2.30. The third kappa shape index (κ3) is 4.84. The molecule has 2 aromatic carbocycles. The second-order valence-corrected chi connectivity index (χ2v) is 5.92. The fraction of sp³-hybridized carbons (Fsp3) is 0.250. The molecule has 0 radical (unpaired) electrons. The van der Waals surface area contributed by atoms with Gasteiger partial charge in [-0.25, -0.2) is 4.39 Å². The molecule has 0 fully saturated rings. The van der Waals surface area contributed by atoms with Gasteiger partial charge in [0.2, 0.25) is 0 Å². The smallest absolute Gasteiger partial charge is 0.254 e. The highest BCUT2D eigenvalue weighted by atomic mass is 35.5. The number of hydrogen-bond donors (Lipinski definition) is 2. The van der Waals surface area contributed by atoms with Crippen LogP contribution < -0.4 is 15.4 Å². The number of nitrogens with one attached hydrogen (secondary N) is 2. The lowest BCUT2D eigenvalue weighted by Gasteiger charge is -2.15. The van der Waals surface area contributed by atoms with Gasteiger partial charge < -0.3 is 15.4 Å². The van der Waals surface area contributed by atoms with Crippen LogP contribution in [0.5, 0.6) is 5.75 Å². The number of carbonyl (C=O) groups excluding carboxylic acids is 1. The highest BCUT2D eigenvalue weighted by Crippen LogP contribution is 2.24. The summed E-state index contributed by atoms with van der Waals surface area (Å²) in [4.78, 5) is 12.2. The van der Waals surface area contributed by atoms with Crippen molar-refractivity contribution in [3.63, 3.8) is 0 Å². The van der Waals surface area contributed by atoms with Gasteiger partial charge in [-0.2, -0.15) is 0 Å². The minimum atomic E-state index is -0.523. The van der Waals surface area contributed by atoms with Gasteiger partial charge >= 0.3 is 0 Å². The van der Waals surface area contributed by atoms with Crippen molar-refractivity contribution in [3.05, 3.63) is 65.5 Å². The first kappa shape index (κ1) is 19.9. The quantitative estimate of drug-likeness (QED) is 0.784. The van der Waals surface area contributed by atoms with E-state index in [9.17, 15) is 9.18 Å². The molecule has 1 aliphatic rings. The zero-order valence-corrected chi connectivity index (χ0v) is 15.4. The number of halogens is 2. The van der Waals surface area contributed by atoms with Crippen molar-refractivity contribution in [2.75, 3.05) is 26.7 Å². The van der Waals surface area contributed by atoms with E-state index >= 15 is 0 Å². The molecule has 4 nitrogen and oxygen atoms in total. The Hall–Kier alpha value is -2.37. The van der Waals surface area contributed by atoms with E-state index in [1.165, 1.54) is 17.7 Å². The Morgan fingerprint density at radius 1 is 1.19 bits per heavy atom. The summed E-state index contributed by atoms with van der Waals surface area (Å²) in [5, 5.41) is 6.01. The van der Waals surface area contributed by atoms with Gasteiger partial charge in [0, 0.05) is 13.1 Å². The fourth-order valence-electron chi connectivity index (χ4n) is 2.78. The van der Waals surface area contributed by atoms with Crippen LogP contribution in [0.25, 0.3) is 11.1 Å². The molecule has 3 rings (SSSR count). The van der Waals surface area contributed by atoms with Gasteiger partial charge in [0.1, 0.15) is 11.6 Å². The number of hydrogen-bond acceptors (Lipinski definition) is 3. The molecule has 2 N–H and O–H groups in total. The van der Waals surface area contributed by atoms with Gasteiger partial charge in [-0.05, 0) is 48.4 Å². The van der Waals surface area contributed by atoms with Gasteiger partial charge in [0.25, 0.3) is 5.91 Å². The normalized spacial score (nSPS) is 13.4. The Labute approximate surface area is 158 Å². The number of methoxy groups -OCH3 is 1. The lowest BCUT2D eigenvalue weighted by atomic mass is 10.0. The Kier molecular flexibility index (Phi) is 7.18. The monoisotopic (exact) mass is 376 g/mol. The van der Waals surface area contributed by atoms with Crippen molar-refractivity contribution in [3.8, 4) is 16.9 Å². The van der Waals surface area contributed by atoms with Crippen molar-refractivity contribution in [1.29, 1.82) is 0 Å². The summed E-state index contributed by atoms with van der Waals surface area (Å²) in [5.74, 6) is -0.171. The summed E-state index contributed by atoms with van der Waals surface area (Å²) in [7, 11) is 1.60. The summed E-state index contributed by atoms with van der Waals surface area (Å²) in [6.07, 6.45) is 2.96. The van der Waals surface area contributed by atoms with Crippen molar-refractivity contribution in [2.45, 2.75) is 6.42 Å². The Morgan fingerprint density at radius 3 is 2.54 bits per heavy atom. The summed E-state index contributed by atoms with van der Waals surface area (Å²) in [5.41, 5.74) is 2.82. The molecule has 1 heterocycles. The van der Waals surface area contributed by atoms with Gasteiger partial charge in [-0.3, -0.25) is 4.79 Å². The van der Waals surface area contributed by atoms with Crippen LogP contribution in [0.2, 0.25) is 0 Å². The predicted octanol–water partition coefficient (Wildman–Crippen LogP) is 3.57. The molecule has 0 saturated heterocycles. The highest BCUT2D eigenvalue weighted by Gasteiger charge is 2.13. The molecule has 0 saturated carbocycles. The summed E-state index contributed by atoms with van der Waals surface area (Å²) in [6.45, 7) is 2.18. The molecule has 0 unspecified atom stereocenters. The largest absolute Gasteiger partial charge is 0.497 e. The van der Waals surface area contributed by atoms with Crippen LogP contribution in [0, 0.1) is 5.82 Å². The first-order valence-electron chi connectivity index (χ1n) is 8.28. The lowest BCUT2D eigenvalue weighted by molar-refractivity contribution is 0.0952. The van der Waals surface area contributed by atoms with E-state index in [1.54, 1.807) is 13.2 Å². The average Bonchev–Trinajstić information content (AvgIpc) is 2.67. The van der Waals surface area contributed by atoms with E-state index in [2.05, 4.69) is 16.7 Å². The molecule has 138 valence electrons. The number of carbonyl (C=O) groups is 1. The van der Waals surface area contributed by atoms with Gasteiger partial charge in [-0.1, -0.05) is 29.8 Å². The maximum atomic E-state index is 14.4. The van der Waals surface area contributed by atoms with E-state index in [0.29, 0.717) is 6.54 Å². The second kappa shape index (κ2) is 9.36. The Morgan fingerprint density at radius 2 is 1.92 bits per heavy atom. The topological polar surface area (TPSA) is 50.4 Å². The highest BCUT2D eigenvalue weighted by molar-refractivity contribution is 5.95.